The molecule has 0 aliphatic heterocycles. The molecule has 0 atom stereocenters. The van der Waals surface area contributed by atoms with Gasteiger partial charge in [0.15, 0.2) is 0 Å². The number of nitrogens with two attached hydrogens (primary N) is 1. The molecule has 0 bridgehead atoms. The van der Waals surface area contributed by atoms with E-state index in [1.54, 1.807) is 0 Å². The molecule has 0 aliphatic rings. The average molecular weight is 224 g/mol. The van der Waals surface area contributed by atoms with Crippen LogP contribution in [0.25, 0.3) is 0 Å². The second-order valence-corrected chi connectivity index (χ2v) is 0.786. The van der Waals surface area contributed by atoms with Crippen molar-refractivity contribution in [2.75, 3.05) is 5.73 Å². The first kappa shape index (κ1) is 7.44. The quantitative estimate of drug-likeness (QED) is 0.493. The van der Waals surface area contributed by atoms with Crippen molar-refractivity contribution in [3.8, 4) is 0 Å². The van der Waals surface area contributed by atoms with Gasteiger partial charge in [0.1, 0.15) is 0 Å². The van der Waals surface area contributed by atoms with E-state index in [1.165, 1.54) is 0 Å². The molecular formula is CH5BaN5. The number of nitrogens with one attached hydrogen (secondary N) is 1. The topological polar surface area (TPSA) is 80.5 Å². The molecular weight excluding hydrogens is 219 g/mol. The number of anilines is 1. The average Bonchev–Trinajstić information content (AvgIpc) is 1.86. The third-order valence-electron chi connectivity index (χ3n) is 0.362. The van der Waals surface area contributed by atoms with Crippen LogP contribution in [0.15, 0.2) is 0 Å². The van der Waals surface area contributed by atoms with E-state index in [9.17, 15) is 0 Å². The van der Waals surface area contributed by atoms with Crippen LogP contribution in [0.1, 0.15) is 0 Å². The minimum absolute atomic E-state index is 0. The molecule has 1 heterocycles. The van der Waals surface area contributed by atoms with E-state index in [0.717, 1.165) is 0 Å². The summed E-state index contributed by atoms with van der Waals surface area (Å²) in [6, 6.07) is 0. The molecule has 3 N–H and O–H groups in total. The van der Waals surface area contributed by atoms with Crippen molar-refractivity contribution < 1.29 is 0 Å². The fraction of sp³-hybridized carbons (Fsp3) is 0. The van der Waals surface area contributed by atoms with E-state index in [2.05, 4.69) is 20.6 Å². The summed E-state index contributed by atoms with van der Waals surface area (Å²) in [7, 11) is 0. The normalized spacial score (nSPS) is 7.43. The van der Waals surface area contributed by atoms with Crippen LogP contribution in [0.5, 0.6) is 0 Å². The Morgan fingerprint density at radius 3 is 2.43 bits per heavy atom. The summed E-state index contributed by atoms with van der Waals surface area (Å²) in [6.07, 6.45) is 0. The molecule has 0 spiro atoms. The van der Waals surface area contributed by atoms with Crippen LogP contribution in [0.4, 0.5) is 5.95 Å². The Hall–Kier alpha value is 0.441. The van der Waals surface area contributed by atoms with Gasteiger partial charge in [-0.15, -0.1) is 0 Å². The van der Waals surface area contributed by atoms with Crippen LogP contribution in [0, 0.1) is 0 Å². The van der Waals surface area contributed by atoms with Gasteiger partial charge in [-0.25, -0.2) is 5.10 Å². The monoisotopic (exact) mass is 225 g/mol. The zero-order chi connectivity index (χ0) is 4.41. The van der Waals surface area contributed by atoms with Crippen molar-refractivity contribution in [2.45, 2.75) is 0 Å². The van der Waals surface area contributed by atoms with Crippen molar-refractivity contribution >= 4 is 54.8 Å². The second kappa shape index (κ2) is 3.44. The van der Waals surface area contributed by atoms with E-state index in [1.807, 2.05) is 0 Å². The Morgan fingerprint density at radius 1 is 1.57 bits per heavy atom. The fourth-order valence-electron chi connectivity index (χ4n) is 0.166. The summed E-state index contributed by atoms with van der Waals surface area (Å²) in [6.45, 7) is 0. The number of nitrogens with zero attached hydrogens (tertiary/aromatic N) is 3. The van der Waals surface area contributed by atoms with Gasteiger partial charge in [-0.3, -0.25) is 0 Å². The van der Waals surface area contributed by atoms with E-state index < -0.39 is 0 Å². The summed E-state index contributed by atoms with van der Waals surface area (Å²) in [4.78, 5) is 0. The molecule has 0 fully saturated rings. The standard InChI is InChI=1S/CH3N5.Ba.2H/c2-1-3-5-6-4-1;;;/h(H3,2,3,4,5,6);;;. The number of H-pyrrole nitrogens is 1. The van der Waals surface area contributed by atoms with Gasteiger partial charge in [-0.05, 0) is 10.4 Å². The van der Waals surface area contributed by atoms with E-state index in [4.69, 9.17) is 5.73 Å². The first-order valence-electron chi connectivity index (χ1n) is 1.39. The molecule has 0 saturated carbocycles. The van der Waals surface area contributed by atoms with Crippen molar-refractivity contribution in [3.63, 3.8) is 0 Å². The Labute approximate surface area is 80.1 Å². The first-order valence-corrected chi connectivity index (χ1v) is 1.39. The SMILES string of the molecule is Nc1nnn[nH]1.[BaH2]. The molecule has 1 aromatic heterocycles. The van der Waals surface area contributed by atoms with Gasteiger partial charge in [0, 0.05) is 0 Å². The molecule has 0 saturated heterocycles. The summed E-state index contributed by atoms with van der Waals surface area (Å²) < 4.78 is 0. The number of aromatic amines is 1. The molecule has 36 valence electrons. The molecule has 6 heteroatoms. The van der Waals surface area contributed by atoms with Gasteiger partial charge in [0.2, 0.25) is 5.95 Å². The number of nitrogen functional groups attached to an aromatic ring is 1. The predicted molar refractivity (Wildman–Crippen MR) is 27.1 cm³/mol. The van der Waals surface area contributed by atoms with Crippen molar-refractivity contribution in [1.29, 1.82) is 0 Å². The van der Waals surface area contributed by atoms with Crippen molar-refractivity contribution in [2.24, 2.45) is 0 Å². The number of aromatic nitrogens is 4. The van der Waals surface area contributed by atoms with Gasteiger partial charge in [-0.1, -0.05) is 5.10 Å². The summed E-state index contributed by atoms with van der Waals surface area (Å²) in [5.41, 5.74) is 4.99. The predicted octanol–water partition coefficient (Wildman–Crippen LogP) is -2.13. The van der Waals surface area contributed by atoms with Gasteiger partial charge >= 0.3 is 48.9 Å². The Morgan fingerprint density at radius 2 is 2.29 bits per heavy atom. The molecule has 0 unspecified atom stereocenters. The summed E-state index contributed by atoms with van der Waals surface area (Å²) in [5, 5.41) is 11.9. The minimum atomic E-state index is 0. The van der Waals surface area contributed by atoms with E-state index in [0.29, 0.717) is 0 Å². The second-order valence-electron chi connectivity index (χ2n) is 0.786. The van der Waals surface area contributed by atoms with Gasteiger partial charge in [-0.2, -0.15) is 0 Å². The molecule has 0 amide bonds. The van der Waals surface area contributed by atoms with Gasteiger partial charge in [0.25, 0.3) is 0 Å². The molecule has 7 heavy (non-hydrogen) atoms. The fourth-order valence-corrected chi connectivity index (χ4v) is 0.166. The van der Waals surface area contributed by atoms with E-state index in [-0.39, 0.29) is 54.8 Å². The number of hydrogen-bond acceptors (Lipinski definition) is 4. The van der Waals surface area contributed by atoms with Crippen LogP contribution in [-0.4, -0.2) is 69.5 Å². The number of tetrazole rings is 1. The van der Waals surface area contributed by atoms with Crippen LogP contribution in [-0.2, 0) is 0 Å². The zero-order valence-corrected chi connectivity index (χ0v) is 2.92. The van der Waals surface area contributed by atoms with Crippen LogP contribution in [0.3, 0.4) is 0 Å². The molecule has 1 aromatic rings. The van der Waals surface area contributed by atoms with Crippen LogP contribution in [0.2, 0.25) is 0 Å². The van der Waals surface area contributed by atoms with E-state index >= 15 is 0 Å². The third kappa shape index (κ3) is 2.29. The number of hydrogen-bond donors (Lipinski definition) is 2. The Kier molecular flexibility index (Phi) is 3.66. The molecule has 0 aromatic carbocycles. The van der Waals surface area contributed by atoms with Gasteiger partial charge < -0.3 is 5.73 Å². The van der Waals surface area contributed by atoms with Crippen molar-refractivity contribution in [1.82, 2.24) is 20.6 Å². The maximum absolute atomic E-state index is 4.99. The third-order valence-corrected chi connectivity index (χ3v) is 0.362. The molecule has 1 rings (SSSR count). The Bertz CT molecular complexity index is 112. The Balaban J connectivity index is 0.000000360. The number of rotatable bonds is 0. The van der Waals surface area contributed by atoms with Crippen molar-refractivity contribution in [3.05, 3.63) is 0 Å². The summed E-state index contributed by atoms with van der Waals surface area (Å²) >= 11 is 0. The molecule has 0 radical (unpaired) electrons. The molecule has 0 aliphatic carbocycles. The molecule has 5 nitrogen and oxygen atoms in total. The maximum atomic E-state index is 4.99. The zero-order valence-electron chi connectivity index (χ0n) is 2.92. The summed E-state index contributed by atoms with van der Waals surface area (Å²) in [5.74, 6) is 0.245. The van der Waals surface area contributed by atoms with Crippen LogP contribution < -0.4 is 5.73 Å². The van der Waals surface area contributed by atoms with Gasteiger partial charge in [0.05, 0.1) is 0 Å². The first-order chi connectivity index (χ1) is 2.89. The van der Waals surface area contributed by atoms with Crippen LogP contribution >= 0.6 is 0 Å².